The van der Waals surface area contributed by atoms with Crippen molar-refractivity contribution in [2.24, 2.45) is 17.8 Å². The van der Waals surface area contributed by atoms with Crippen LogP contribution in [-0.4, -0.2) is 17.7 Å². The summed E-state index contributed by atoms with van der Waals surface area (Å²) in [6, 6.07) is 9.89. The Morgan fingerprint density at radius 3 is 2.58 bits per heavy atom. The van der Waals surface area contributed by atoms with Crippen molar-refractivity contribution >= 4 is 5.97 Å². The molecule has 0 amide bonds. The number of hydrogen-bond acceptors (Lipinski definition) is 2. The van der Waals surface area contributed by atoms with Crippen molar-refractivity contribution in [3.05, 3.63) is 65.0 Å². The highest BCUT2D eigenvalue weighted by Gasteiger charge is 2.42. The maximum atomic E-state index is 14.1. The number of hydrogen-bond donors (Lipinski definition) is 1. The van der Waals surface area contributed by atoms with E-state index in [0.717, 1.165) is 36.6 Å². The van der Waals surface area contributed by atoms with Crippen LogP contribution in [-0.2, 0) is 11.0 Å². The fraction of sp³-hybridized carbons (Fsp3) is 0.458. The fourth-order valence-electron chi connectivity index (χ4n) is 4.41. The first-order chi connectivity index (χ1) is 14.6. The Hall–Kier alpha value is -2.57. The SMILES string of the molecule is C[C@H](C(=O)O)C(c1cccc(OC[C@H]2C[C@@H]2c2cc(C(F)(F)F)ccc2F)c1)C1CC1. The van der Waals surface area contributed by atoms with Crippen LogP contribution in [0.4, 0.5) is 17.6 Å². The number of carbonyl (C=O) groups is 1. The Morgan fingerprint density at radius 1 is 1.19 bits per heavy atom. The van der Waals surface area contributed by atoms with Crippen LogP contribution in [0, 0.1) is 23.6 Å². The monoisotopic (exact) mass is 436 g/mol. The predicted octanol–water partition coefficient (Wildman–Crippen LogP) is 6.24. The van der Waals surface area contributed by atoms with Gasteiger partial charge in [0.1, 0.15) is 11.6 Å². The van der Waals surface area contributed by atoms with Gasteiger partial charge in [0.2, 0.25) is 0 Å². The summed E-state index contributed by atoms with van der Waals surface area (Å²) in [6.45, 7) is 1.99. The second kappa shape index (κ2) is 8.17. The van der Waals surface area contributed by atoms with E-state index in [0.29, 0.717) is 18.1 Å². The van der Waals surface area contributed by atoms with Crippen molar-refractivity contribution < 1.29 is 32.2 Å². The molecule has 3 nitrogen and oxygen atoms in total. The summed E-state index contributed by atoms with van der Waals surface area (Å²) in [6.07, 6.45) is -1.91. The maximum Gasteiger partial charge on any atom is 0.416 e. The normalized spacial score (nSPS) is 22.6. The molecule has 1 N–H and O–H groups in total. The van der Waals surface area contributed by atoms with Crippen molar-refractivity contribution in [2.75, 3.05) is 6.61 Å². The minimum absolute atomic E-state index is 0.0567. The molecule has 31 heavy (non-hydrogen) atoms. The van der Waals surface area contributed by atoms with Crippen LogP contribution in [0.3, 0.4) is 0 Å². The van der Waals surface area contributed by atoms with E-state index < -0.39 is 29.4 Å². The molecule has 0 spiro atoms. The van der Waals surface area contributed by atoms with Gasteiger partial charge in [-0.1, -0.05) is 19.1 Å². The smallest absolute Gasteiger partial charge is 0.416 e. The van der Waals surface area contributed by atoms with Crippen molar-refractivity contribution in [2.45, 2.75) is 44.2 Å². The van der Waals surface area contributed by atoms with Gasteiger partial charge < -0.3 is 9.84 Å². The minimum Gasteiger partial charge on any atom is -0.493 e. The van der Waals surface area contributed by atoms with Crippen molar-refractivity contribution in [3.63, 3.8) is 0 Å². The summed E-state index contributed by atoms with van der Waals surface area (Å²) < 4.78 is 58.8. The number of alkyl halides is 3. The van der Waals surface area contributed by atoms with Crippen molar-refractivity contribution in [1.82, 2.24) is 0 Å². The number of halogens is 4. The zero-order valence-electron chi connectivity index (χ0n) is 17.0. The molecule has 4 rings (SSSR count). The van der Waals surface area contributed by atoms with Crippen LogP contribution in [0.2, 0.25) is 0 Å². The molecule has 0 heterocycles. The van der Waals surface area contributed by atoms with E-state index in [-0.39, 0.29) is 29.9 Å². The van der Waals surface area contributed by atoms with Crippen LogP contribution in [0.5, 0.6) is 5.75 Å². The highest BCUT2D eigenvalue weighted by Crippen LogP contribution is 2.50. The Balaban J connectivity index is 1.41. The molecular weight excluding hydrogens is 412 g/mol. The molecule has 2 aliphatic rings. The molecule has 0 aliphatic heterocycles. The lowest BCUT2D eigenvalue weighted by Gasteiger charge is -2.21. The first kappa shape index (κ1) is 21.7. The summed E-state index contributed by atoms with van der Waals surface area (Å²) in [5.41, 5.74) is 0.161. The molecule has 2 aromatic carbocycles. The number of benzene rings is 2. The van der Waals surface area contributed by atoms with E-state index in [2.05, 4.69) is 0 Å². The molecule has 0 aromatic heterocycles. The van der Waals surface area contributed by atoms with E-state index in [4.69, 9.17) is 4.74 Å². The molecule has 0 radical (unpaired) electrons. The number of aliphatic carboxylic acids is 1. The Kier molecular flexibility index (Phi) is 5.71. The average molecular weight is 436 g/mol. The quantitative estimate of drug-likeness (QED) is 0.498. The molecule has 0 saturated heterocycles. The van der Waals surface area contributed by atoms with Gasteiger partial charge in [-0.3, -0.25) is 4.79 Å². The summed E-state index contributed by atoms with van der Waals surface area (Å²) in [7, 11) is 0. The van der Waals surface area contributed by atoms with E-state index >= 15 is 0 Å². The lowest BCUT2D eigenvalue weighted by molar-refractivity contribution is -0.142. The first-order valence-electron chi connectivity index (χ1n) is 10.5. The van der Waals surface area contributed by atoms with Crippen LogP contribution in [0.25, 0.3) is 0 Å². The summed E-state index contributed by atoms with van der Waals surface area (Å²) in [5.74, 6) is -1.43. The molecule has 2 aromatic rings. The van der Waals surface area contributed by atoms with Crippen LogP contribution < -0.4 is 4.74 Å². The largest absolute Gasteiger partial charge is 0.493 e. The zero-order valence-corrected chi connectivity index (χ0v) is 17.0. The number of carboxylic acid groups (broad SMARTS) is 1. The summed E-state index contributed by atoms with van der Waals surface area (Å²) >= 11 is 0. The number of carboxylic acids is 1. The van der Waals surface area contributed by atoms with Crippen LogP contribution in [0.1, 0.15) is 54.7 Å². The van der Waals surface area contributed by atoms with Crippen molar-refractivity contribution in [3.8, 4) is 5.75 Å². The lowest BCUT2D eigenvalue weighted by Crippen LogP contribution is -2.20. The Morgan fingerprint density at radius 2 is 1.94 bits per heavy atom. The first-order valence-corrected chi connectivity index (χ1v) is 10.5. The van der Waals surface area contributed by atoms with Gasteiger partial charge in [-0.2, -0.15) is 13.2 Å². The molecule has 1 unspecified atom stereocenters. The molecule has 0 bridgehead atoms. The summed E-state index contributed by atoms with van der Waals surface area (Å²) in [5, 5.41) is 9.44. The van der Waals surface area contributed by atoms with E-state index in [9.17, 15) is 27.5 Å². The molecule has 2 fully saturated rings. The summed E-state index contributed by atoms with van der Waals surface area (Å²) in [4.78, 5) is 11.5. The number of rotatable bonds is 8. The average Bonchev–Trinajstić information content (AvgIpc) is 3.62. The Bertz CT molecular complexity index is 968. The fourth-order valence-corrected chi connectivity index (χ4v) is 4.41. The van der Waals surface area contributed by atoms with E-state index in [1.165, 1.54) is 0 Å². The van der Waals surface area contributed by atoms with Gasteiger partial charge in [0.25, 0.3) is 0 Å². The second-order valence-electron chi connectivity index (χ2n) is 8.71. The van der Waals surface area contributed by atoms with Crippen LogP contribution in [0.15, 0.2) is 42.5 Å². The third kappa shape index (κ3) is 4.86. The molecule has 7 heteroatoms. The minimum atomic E-state index is -4.50. The second-order valence-corrected chi connectivity index (χ2v) is 8.71. The van der Waals surface area contributed by atoms with Gasteiger partial charge in [0.15, 0.2) is 0 Å². The van der Waals surface area contributed by atoms with Crippen molar-refractivity contribution in [1.29, 1.82) is 0 Å². The van der Waals surface area contributed by atoms with Gasteiger partial charge in [-0.25, -0.2) is 4.39 Å². The highest BCUT2D eigenvalue weighted by atomic mass is 19.4. The highest BCUT2D eigenvalue weighted by molar-refractivity contribution is 5.71. The molecule has 166 valence electrons. The van der Waals surface area contributed by atoms with Crippen LogP contribution >= 0.6 is 0 Å². The molecular formula is C24H24F4O3. The van der Waals surface area contributed by atoms with Gasteiger partial charge in [-0.05, 0) is 78.5 Å². The molecule has 2 aliphatic carbocycles. The topological polar surface area (TPSA) is 46.5 Å². The predicted molar refractivity (Wildman–Crippen MR) is 106 cm³/mol. The number of ether oxygens (including phenoxy) is 1. The maximum absolute atomic E-state index is 14.1. The standard InChI is InChI=1S/C24H24F4O3/c1-13(23(29)30)22(14-5-6-14)15-3-2-4-18(9-15)31-12-16-10-19(16)20-11-17(24(26,27)28)7-8-21(20)25/h2-4,7-9,11,13-14,16,19,22H,5-6,10,12H2,1H3,(H,29,30)/t13-,16+,19-,22?/m0/s1. The van der Waals surface area contributed by atoms with Gasteiger partial charge in [0.05, 0.1) is 18.1 Å². The third-order valence-electron chi connectivity index (χ3n) is 6.41. The Labute approximate surface area is 178 Å². The van der Waals surface area contributed by atoms with Gasteiger partial charge in [0, 0.05) is 5.92 Å². The zero-order chi connectivity index (χ0) is 22.3. The third-order valence-corrected chi connectivity index (χ3v) is 6.41. The van der Waals surface area contributed by atoms with Gasteiger partial charge in [-0.15, -0.1) is 0 Å². The molecule has 4 atom stereocenters. The van der Waals surface area contributed by atoms with E-state index in [1.807, 2.05) is 18.2 Å². The van der Waals surface area contributed by atoms with E-state index in [1.54, 1.807) is 13.0 Å². The lowest BCUT2D eigenvalue weighted by atomic mass is 9.83. The molecule has 2 saturated carbocycles. The van der Waals surface area contributed by atoms with Gasteiger partial charge >= 0.3 is 12.1 Å².